The van der Waals surface area contributed by atoms with Crippen molar-refractivity contribution < 1.29 is 14.3 Å². The van der Waals surface area contributed by atoms with E-state index in [4.69, 9.17) is 9.47 Å². The first-order valence-electron chi connectivity index (χ1n) is 10.7. The third kappa shape index (κ3) is 4.56. The zero-order valence-corrected chi connectivity index (χ0v) is 20.4. The first-order chi connectivity index (χ1) is 15.9. The van der Waals surface area contributed by atoms with Gasteiger partial charge in [0.1, 0.15) is 6.04 Å². The summed E-state index contributed by atoms with van der Waals surface area (Å²) in [5, 5.41) is 18.1. The molecule has 0 fully saturated rings. The summed E-state index contributed by atoms with van der Waals surface area (Å²) in [4.78, 5) is 13.5. The number of hydrogen-bond donors (Lipinski definition) is 2. The minimum absolute atomic E-state index is 0.252. The van der Waals surface area contributed by atoms with Crippen LogP contribution in [0.3, 0.4) is 0 Å². The molecule has 0 radical (unpaired) electrons. The van der Waals surface area contributed by atoms with Crippen LogP contribution in [0.4, 0.5) is 11.6 Å². The average Bonchev–Trinajstić information content (AvgIpc) is 3.24. The molecule has 4 rings (SSSR count). The second-order valence-corrected chi connectivity index (χ2v) is 8.38. The molecule has 3 aromatic rings. The number of rotatable bonds is 7. The molecule has 0 saturated heterocycles. The van der Waals surface area contributed by atoms with E-state index in [2.05, 4.69) is 42.1 Å². The topological polar surface area (TPSA) is 103 Å². The Balaban J connectivity index is 1.80. The van der Waals surface area contributed by atoms with Crippen molar-refractivity contribution in [2.24, 2.45) is 0 Å². The highest BCUT2D eigenvalue weighted by Crippen LogP contribution is 2.42. The van der Waals surface area contributed by atoms with Crippen molar-refractivity contribution in [3.63, 3.8) is 0 Å². The maximum Gasteiger partial charge on any atom is 0.255 e. The molecule has 1 unspecified atom stereocenters. The third-order valence-corrected chi connectivity index (χ3v) is 5.79. The summed E-state index contributed by atoms with van der Waals surface area (Å²) in [6, 6.07) is 10.8. The number of halogens is 1. The molecular formula is C23H25BrN6O3. The van der Waals surface area contributed by atoms with Crippen molar-refractivity contribution in [1.82, 2.24) is 20.2 Å². The van der Waals surface area contributed by atoms with Gasteiger partial charge >= 0.3 is 0 Å². The number of fused-ring (bicyclic) bond motifs is 1. The van der Waals surface area contributed by atoms with Crippen molar-refractivity contribution >= 4 is 33.5 Å². The minimum atomic E-state index is -0.576. The molecule has 0 saturated carbocycles. The lowest BCUT2D eigenvalue weighted by atomic mass is 9.94. The largest absolute Gasteiger partial charge is 0.490 e. The Morgan fingerprint density at radius 2 is 1.88 bits per heavy atom. The van der Waals surface area contributed by atoms with Gasteiger partial charge in [-0.15, -0.1) is 0 Å². The number of nitrogens with one attached hydrogen (secondary N) is 2. The van der Waals surface area contributed by atoms with Gasteiger partial charge in [0.25, 0.3) is 5.91 Å². The van der Waals surface area contributed by atoms with Gasteiger partial charge in [0, 0.05) is 11.4 Å². The van der Waals surface area contributed by atoms with Gasteiger partial charge in [-0.2, -0.15) is 4.68 Å². The van der Waals surface area contributed by atoms with Gasteiger partial charge in [0.15, 0.2) is 11.5 Å². The van der Waals surface area contributed by atoms with Gasteiger partial charge in [0.2, 0.25) is 5.95 Å². The molecule has 172 valence electrons. The molecule has 0 aliphatic carbocycles. The van der Waals surface area contributed by atoms with Crippen molar-refractivity contribution in [3.05, 3.63) is 63.3 Å². The van der Waals surface area contributed by atoms with E-state index in [1.807, 2.05) is 64.1 Å². The number of benzene rings is 2. The predicted octanol–water partition coefficient (Wildman–Crippen LogP) is 4.47. The van der Waals surface area contributed by atoms with E-state index >= 15 is 0 Å². The number of carbonyl (C=O) groups is 1. The highest BCUT2D eigenvalue weighted by Gasteiger charge is 2.35. The number of aromatic nitrogens is 4. The molecule has 2 heterocycles. The zero-order chi connectivity index (χ0) is 23.5. The molecule has 10 heteroatoms. The fraction of sp³-hybridized carbons (Fsp3) is 0.304. The van der Waals surface area contributed by atoms with Crippen LogP contribution >= 0.6 is 15.9 Å². The van der Waals surface area contributed by atoms with E-state index in [9.17, 15) is 4.79 Å². The van der Waals surface area contributed by atoms with E-state index in [0.717, 1.165) is 15.6 Å². The quantitative estimate of drug-likeness (QED) is 0.481. The second kappa shape index (κ2) is 9.62. The lowest BCUT2D eigenvalue weighted by Gasteiger charge is -2.28. The van der Waals surface area contributed by atoms with Crippen LogP contribution in [0.2, 0.25) is 0 Å². The van der Waals surface area contributed by atoms with Crippen LogP contribution in [0.15, 0.2) is 52.1 Å². The van der Waals surface area contributed by atoms with Gasteiger partial charge < -0.3 is 20.1 Å². The molecule has 33 heavy (non-hydrogen) atoms. The standard InChI is InChI=1S/C23H25BrN6O3/c1-5-32-18-12-15(11-17(24)21(18)33-6-2)20-19(14(4)25-23-27-28-29-30(20)23)22(31)26-16-9-7-13(3)8-10-16/h7-12,20H,5-6H2,1-4H3,(H,26,31)(H,25,27,29). The highest BCUT2D eigenvalue weighted by molar-refractivity contribution is 9.10. The number of nitrogens with zero attached hydrogens (tertiary/aromatic N) is 4. The summed E-state index contributed by atoms with van der Waals surface area (Å²) < 4.78 is 13.9. The Morgan fingerprint density at radius 3 is 2.58 bits per heavy atom. The number of aryl methyl sites for hydroxylation is 1. The van der Waals surface area contributed by atoms with Crippen LogP contribution in [0.25, 0.3) is 0 Å². The molecule has 1 amide bonds. The van der Waals surface area contributed by atoms with Crippen LogP contribution in [0.5, 0.6) is 11.5 Å². The van der Waals surface area contributed by atoms with Gasteiger partial charge in [-0.3, -0.25) is 4.79 Å². The monoisotopic (exact) mass is 512 g/mol. The van der Waals surface area contributed by atoms with Crippen LogP contribution in [0.1, 0.15) is 37.9 Å². The maximum absolute atomic E-state index is 13.5. The van der Waals surface area contributed by atoms with Crippen molar-refractivity contribution in [1.29, 1.82) is 0 Å². The Morgan fingerprint density at radius 1 is 1.15 bits per heavy atom. The Labute approximate surface area is 200 Å². The fourth-order valence-electron chi connectivity index (χ4n) is 3.74. The van der Waals surface area contributed by atoms with Crippen LogP contribution in [-0.2, 0) is 4.79 Å². The molecule has 1 aliphatic heterocycles. The molecule has 1 aliphatic rings. The SMILES string of the molecule is CCOc1cc(C2C(C(=O)Nc3ccc(C)cc3)=C(C)Nc3nnnn32)cc(Br)c1OCC. The maximum atomic E-state index is 13.5. The smallest absolute Gasteiger partial charge is 0.255 e. The molecule has 1 atom stereocenters. The zero-order valence-electron chi connectivity index (χ0n) is 18.8. The minimum Gasteiger partial charge on any atom is -0.490 e. The van der Waals surface area contributed by atoms with E-state index in [1.165, 1.54) is 0 Å². The van der Waals surface area contributed by atoms with Crippen LogP contribution < -0.4 is 20.1 Å². The summed E-state index contributed by atoms with van der Waals surface area (Å²) in [6.07, 6.45) is 0. The predicted molar refractivity (Wildman–Crippen MR) is 129 cm³/mol. The van der Waals surface area contributed by atoms with Crippen LogP contribution in [-0.4, -0.2) is 39.3 Å². The number of amides is 1. The summed E-state index contributed by atoms with van der Waals surface area (Å²) in [5.74, 6) is 1.39. The van der Waals surface area contributed by atoms with Gasteiger partial charge in [-0.05, 0) is 83.9 Å². The van der Waals surface area contributed by atoms with Crippen molar-refractivity contribution in [3.8, 4) is 11.5 Å². The second-order valence-electron chi connectivity index (χ2n) is 7.53. The van der Waals surface area contributed by atoms with Crippen LogP contribution in [0, 0.1) is 6.92 Å². The Kier molecular flexibility index (Phi) is 6.64. The van der Waals surface area contributed by atoms with Gasteiger partial charge in [-0.25, -0.2) is 0 Å². The van der Waals surface area contributed by atoms with Gasteiger partial charge in [0.05, 0.1) is 23.3 Å². The van der Waals surface area contributed by atoms with E-state index in [0.29, 0.717) is 47.6 Å². The lowest BCUT2D eigenvalue weighted by molar-refractivity contribution is -0.113. The third-order valence-electron chi connectivity index (χ3n) is 5.20. The number of allylic oxidation sites excluding steroid dienone is 1. The number of tetrazole rings is 1. The number of hydrogen-bond acceptors (Lipinski definition) is 7. The number of anilines is 2. The molecule has 0 spiro atoms. The van der Waals surface area contributed by atoms with Crippen molar-refractivity contribution in [2.75, 3.05) is 23.8 Å². The van der Waals surface area contributed by atoms with E-state index < -0.39 is 6.04 Å². The lowest BCUT2D eigenvalue weighted by Crippen LogP contribution is -2.31. The molecular weight excluding hydrogens is 488 g/mol. The molecule has 1 aromatic heterocycles. The Bertz CT molecular complexity index is 1210. The molecule has 9 nitrogen and oxygen atoms in total. The first kappa shape index (κ1) is 22.8. The highest BCUT2D eigenvalue weighted by atomic mass is 79.9. The molecule has 0 bridgehead atoms. The summed E-state index contributed by atoms with van der Waals surface area (Å²) >= 11 is 3.60. The van der Waals surface area contributed by atoms with Gasteiger partial charge in [-0.1, -0.05) is 22.8 Å². The molecule has 2 aromatic carbocycles. The summed E-state index contributed by atoms with van der Waals surface area (Å²) in [7, 11) is 0. The molecule has 2 N–H and O–H groups in total. The number of carbonyl (C=O) groups excluding carboxylic acids is 1. The number of ether oxygens (including phenoxy) is 2. The summed E-state index contributed by atoms with van der Waals surface area (Å²) in [5.41, 5.74) is 3.75. The summed E-state index contributed by atoms with van der Waals surface area (Å²) in [6.45, 7) is 8.61. The van der Waals surface area contributed by atoms with E-state index in [-0.39, 0.29) is 5.91 Å². The fourth-order valence-corrected chi connectivity index (χ4v) is 4.32. The van der Waals surface area contributed by atoms with Crippen molar-refractivity contribution in [2.45, 2.75) is 33.7 Å². The first-order valence-corrected chi connectivity index (χ1v) is 11.4. The normalized spacial score (nSPS) is 15.0. The Hall–Kier alpha value is -3.40. The van der Waals surface area contributed by atoms with E-state index in [1.54, 1.807) is 4.68 Å². The average molecular weight is 513 g/mol.